The van der Waals surface area contributed by atoms with E-state index in [1.54, 1.807) is 13.2 Å². The number of nitrogens with two attached hydrogens (primary N) is 1. The van der Waals surface area contributed by atoms with Crippen molar-refractivity contribution in [1.82, 2.24) is 4.90 Å². The van der Waals surface area contributed by atoms with Gasteiger partial charge in [0.1, 0.15) is 5.75 Å². The van der Waals surface area contributed by atoms with Crippen molar-refractivity contribution in [2.45, 2.75) is 25.1 Å². The summed E-state index contributed by atoms with van der Waals surface area (Å²) in [5, 5.41) is 10.1. The number of aliphatic hydroxyl groups is 1. The average molecular weight is 326 g/mol. The maximum Gasteiger partial charge on any atom is 0.248 e. The Hall–Kier alpha value is -2.37. The number of carbonyl (C=O) groups is 1. The van der Waals surface area contributed by atoms with Crippen molar-refractivity contribution >= 4 is 5.91 Å². The second-order valence-corrected chi connectivity index (χ2v) is 6.18. The Kier molecular flexibility index (Phi) is 4.83. The Balaban J connectivity index is 1.83. The third kappa shape index (κ3) is 3.58. The molecular weight excluding hydrogens is 304 g/mol. The fourth-order valence-electron chi connectivity index (χ4n) is 3.31. The molecule has 0 unspecified atom stereocenters. The van der Waals surface area contributed by atoms with Crippen molar-refractivity contribution in [2.75, 3.05) is 13.7 Å². The van der Waals surface area contributed by atoms with Crippen molar-refractivity contribution < 1.29 is 14.6 Å². The number of benzene rings is 2. The topological polar surface area (TPSA) is 75.8 Å². The van der Waals surface area contributed by atoms with E-state index >= 15 is 0 Å². The van der Waals surface area contributed by atoms with Gasteiger partial charge < -0.3 is 15.6 Å². The minimum absolute atomic E-state index is 0.118. The number of aliphatic hydroxyl groups excluding tert-OH is 1. The first-order valence-corrected chi connectivity index (χ1v) is 8.01. The highest BCUT2D eigenvalue weighted by molar-refractivity contribution is 5.92. The van der Waals surface area contributed by atoms with E-state index in [4.69, 9.17) is 10.5 Å². The number of hydrogen-bond donors (Lipinski definition) is 2. The second kappa shape index (κ2) is 7.03. The molecular formula is C19H22N2O3. The first-order chi connectivity index (χ1) is 11.6. The van der Waals surface area contributed by atoms with Crippen LogP contribution >= 0.6 is 0 Å². The number of methoxy groups -OCH3 is 1. The summed E-state index contributed by atoms with van der Waals surface area (Å²) in [6, 6.07) is 15.4. The van der Waals surface area contributed by atoms with Gasteiger partial charge in [0.05, 0.1) is 13.2 Å². The molecule has 1 fully saturated rings. The zero-order valence-electron chi connectivity index (χ0n) is 13.7. The maximum atomic E-state index is 11.4. The lowest BCUT2D eigenvalue weighted by Gasteiger charge is -2.25. The number of rotatable bonds is 5. The molecule has 1 heterocycles. The third-order valence-corrected chi connectivity index (χ3v) is 4.46. The Morgan fingerprint density at radius 1 is 1.29 bits per heavy atom. The van der Waals surface area contributed by atoms with Gasteiger partial charge in [-0.2, -0.15) is 0 Å². The molecule has 2 aromatic carbocycles. The Bertz CT molecular complexity index is 732. The Morgan fingerprint density at radius 3 is 2.83 bits per heavy atom. The molecule has 1 aliphatic heterocycles. The van der Waals surface area contributed by atoms with Gasteiger partial charge in [-0.15, -0.1) is 0 Å². The molecule has 2 aromatic rings. The summed E-state index contributed by atoms with van der Waals surface area (Å²) in [7, 11) is 1.65. The normalized spacial score (nSPS) is 20.9. The molecule has 1 saturated heterocycles. The summed E-state index contributed by atoms with van der Waals surface area (Å²) in [5.41, 5.74) is 7.99. The van der Waals surface area contributed by atoms with E-state index in [9.17, 15) is 9.90 Å². The summed E-state index contributed by atoms with van der Waals surface area (Å²) < 4.78 is 5.30. The number of β-amino-alcohol motifs (C(OH)–C–C–N with tert-alkyl or cyclic N) is 1. The van der Waals surface area contributed by atoms with Gasteiger partial charge in [0.15, 0.2) is 0 Å². The van der Waals surface area contributed by atoms with Crippen LogP contribution in [0.1, 0.15) is 33.9 Å². The molecule has 0 saturated carbocycles. The van der Waals surface area contributed by atoms with Crippen molar-refractivity contribution in [2.24, 2.45) is 5.73 Å². The molecule has 0 radical (unpaired) electrons. The van der Waals surface area contributed by atoms with E-state index in [-0.39, 0.29) is 12.1 Å². The third-order valence-electron chi connectivity index (χ3n) is 4.46. The summed E-state index contributed by atoms with van der Waals surface area (Å²) in [6.07, 6.45) is 0.323. The van der Waals surface area contributed by atoms with Crippen LogP contribution in [0, 0.1) is 0 Å². The lowest BCUT2D eigenvalue weighted by atomic mass is 10.0. The van der Waals surface area contributed by atoms with Crippen molar-refractivity contribution in [3.8, 4) is 5.75 Å². The number of primary amides is 1. The van der Waals surface area contributed by atoms with E-state index in [1.807, 2.05) is 36.4 Å². The quantitative estimate of drug-likeness (QED) is 0.882. The van der Waals surface area contributed by atoms with Crippen LogP contribution in [0.4, 0.5) is 0 Å². The molecule has 5 heteroatoms. The smallest absolute Gasteiger partial charge is 0.248 e. The lowest BCUT2D eigenvalue weighted by Crippen LogP contribution is -2.24. The number of amides is 1. The molecule has 1 amide bonds. The predicted molar refractivity (Wildman–Crippen MR) is 91.7 cm³/mol. The first kappa shape index (κ1) is 16.5. The Morgan fingerprint density at radius 2 is 2.08 bits per heavy atom. The highest BCUT2D eigenvalue weighted by Gasteiger charge is 2.32. The maximum absolute atomic E-state index is 11.4. The van der Waals surface area contributed by atoms with Gasteiger partial charge in [-0.25, -0.2) is 0 Å². The molecule has 0 aromatic heterocycles. The van der Waals surface area contributed by atoms with Crippen molar-refractivity contribution in [3.05, 3.63) is 65.2 Å². The number of likely N-dealkylation sites (tertiary alicyclic amines) is 1. The SMILES string of the molecule is COc1cccc([C@@H]2C[C@@H](O)CN2Cc2cccc(C(N)=O)c2)c1. The highest BCUT2D eigenvalue weighted by atomic mass is 16.5. The van der Waals surface area contributed by atoms with Crippen LogP contribution in [0.25, 0.3) is 0 Å². The number of hydrogen-bond acceptors (Lipinski definition) is 4. The second-order valence-electron chi connectivity index (χ2n) is 6.18. The monoisotopic (exact) mass is 326 g/mol. The molecule has 3 rings (SSSR count). The molecule has 2 atom stereocenters. The molecule has 0 aliphatic carbocycles. The fourth-order valence-corrected chi connectivity index (χ4v) is 3.31. The molecule has 3 N–H and O–H groups in total. The van der Waals surface area contributed by atoms with Crippen LogP contribution in [0.5, 0.6) is 5.75 Å². The van der Waals surface area contributed by atoms with Crippen LogP contribution in [-0.4, -0.2) is 35.7 Å². The van der Waals surface area contributed by atoms with Gasteiger partial charge in [0.25, 0.3) is 0 Å². The van der Waals surface area contributed by atoms with Crippen LogP contribution in [-0.2, 0) is 6.54 Å². The van der Waals surface area contributed by atoms with E-state index < -0.39 is 5.91 Å². The molecule has 5 nitrogen and oxygen atoms in total. The first-order valence-electron chi connectivity index (χ1n) is 8.01. The van der Waals surface area contributed by atoms with Crippen LogP contribution in [0.15, 0.2) is 48.5 Å². The van der Waals surface area contributed by atoms with Crippen LogP contribution in [0.2, 0.25) is 0 Å². The highest BCUT2D eigenvalue weighted by Crippen LogP contribution is 2.34. The molecule has 1 aliphatic rings. The minimum Gasteiger partial charge on any atom is -0.497 e. The van der Waals surface area contributed by atoms with Crippen molar-refractivity contribution in [3.63, 3.8) is 0 Å². The van der Waals surface area contributed by atoms with Crippen molar-refractivity contribution in [1.29, 1.82) is 0 Å². The summed E-state index contributed by atoms with van der Waals surface area (Å²) in [5.74, 6) is 0.382. The largest absolute Gasteiger partial charge is 0.497 e. The summed E-state index contributed by atoms with van der Waals surface area (Å²) >= 11 is 0. The molecule has 24 heavy (non-hydrogen) atoms. The van der Waals surface area contributed by atoms with Gasteiger partial charge in [-0.05, 0) is 41.8 Å². The van der Waals surface area contributed by atoms with Gasteiger partial charge >= 0.3 is 0 Å². The van der Waals surface area contributed by atoms with Crippen LogP contribution < -0.4 is 10.5 Å². The fraction of sp³-hybridized carbons (Fsp3) is 0.316. The van der Waals surface area contributed by atoms with E-state index in [0.717, 1.165) is 16.9 Å². The number of carbonyl (C=O) groups excluding carboxylic acids is 1. The molecule has 126 valence electrons. The summed E-state index contributed by atoms with van der Waals surface area (Å²) in [4.78, 5) is 13.6. The number of ether oxygens (including phenoxy) is 1. The van der Waals surface area contributed by atoms with Gasteiger partial charge in [0, 0.05) is 24.7 Å². The summed E-state index contributed by atoms with van der Waals surface area (Å²) in [6.45, 7) is 1.25. The lowest BCUT2D eigenvalue weighted by molar-refractivity contribution is 0.1000. The average Bonchev–Trinajstić information content (AvgIpc) is 2.95. The van der Waals surface area contributed by atoms with E-state index in [2.05, 4.69) is 11.0 Å². The standard InChI is InChI=1S/C19H22N2O3/c1-24-17-7-3-5-14(9-17)18-10-16(22)12-21(18)11-13-4-2-6-15(8-13)19(20)23/h2-9,16,18,22H,10-12H2,1H3,(H2,20,23)/t16-,18+/m1/s1. The minimum atomic E-state index is -0.428. The van der Waals surface area contributed by atoms with Crippen LogP contribution in [0.3, 0.4) is 0 Å². The van der Waals surface area contributed by atoms with E-state index in [0.29, 0.717) is 25.1 Å². The van der Waals surface area contributed by atoms with E-state index in [1.165, 1.54) is 0 Å². The molecule has 0 spiro atoms. The Labute approximate surface area is 141 Å². The molecule has 0 bridgehead atoms. The van der Waals surface area contributed by atoms with Gasteiger partial charge in [-0.3, -0.25) is 9.69 Å². The van der Waals surface area contributed by atoms with Gasteiger partial charge in [-0.1, -0.05) is 24.3 Å². The predicted octanol–water partition coefficient (Wildman–Crippen LogP) is 2.10. The number of nitrogens with zero attached hydrogens (tertiary/aromatic N) is 1. The van der Waals surface area contributed by atoms with Gasteiger partial charge in [0.2, 0.25) is 5.91 Å². The zero-order valence-corrected chi connectivity index (χ0v) is 13.7. The zero-order chi connectivity index (χ0) is 17.1.